The molecular weight excluding hydrogens is 436 g/mol. The van der Waals surface area contributed by atoms with Gasteiger partial charge in [-0.1, -0.05) is 25.1 Å². The molecule has 1 aliphatic carbocycles. The monoisotopic (exact) mass is 459 g/mol. The van der Waals surface area contributed by atoms with E-state index in [1.165, 1.54) is 11.6 Å². The van der Waals surface area contributed by atoms with Crippen LogP contribution in [0.3, 0.4) is 0 Å². The molecule has 0 spiro atoms. The van der Waals surface area contributed by atoms with Crippen LogP contribution >= 0.6 is 35.3 Å². The molecule has 3 nitrogen and oxygen atoms in total. The SMILES string of the molecule is CN=C(NCC(C)c1ccsc1)NC1CC1c1ccccc1F.I. The third kappa shape index (κ3) is 4.69. The second-order valence-electron chi connectivity index (χ2n) is 6.03. The molecule has 3 atom stereocenters. The second kappa shape index (κ2) is 8.80. The number of hydrogen-bond donors (Lipinski definition) is 2. The summed E-state index contributed by atoms with van der Waals surface area (Å²) in [6.07, 6.45) is 0.946. The Morgan fingerprint density at radius 1 is 1.38 bits per heavy atom. The van der Waals surface area contributed by atoms with E-state index in [0.29, 0.717) is 5.92 Å². The van der Waals surface area contributed by atoms with E-state index in [1.807, 2.05) is 12.1 Å². The largest absolute Gasteiger partial charge is 0.356 e. The smallest absolute Gasteiger partial charge is 0.191 e. The van der Waals surface area contributed by atoms with Gasteiger partial charge in [0.05, 0.1) is 0 Å². The maximum absolute atomic E-state index is 13.8. The normalized spacial score (nSPS) is 20.9. The van der Waals surface area contributed by atoms with Crippen LogP contribution in [0.4, 0.5) is 4.39 Å². The highest BCUT2D eigenvalue weighted by molar-refractivity contribution is 14.0. The molecule has 0 aliphatic heterocycles. The Hall–Kier alpha value is -1.15. The van der Waals surface area contributed by atoms with E-state index >= 15 is 0 Å². The van der Waals surface area contributed by atoms with Crippen molar-refractivity contribution >= 4 is 41.3 Å². The molecule has 2 N–H and O–H groups in total. The number of nitrogens with one attached hydrogen (secondary N) is 2. The van der Waals surface area contributed by atoms with Gasteiger partial charge in [-0.15, -0.1) is 24.0 Å². The van der Waals surface area contributed by atoms with E-state index in [1.54, 1.807) is 24.5 Å². The van der Waals surface area contributed by atoms with Gasteiger partial charge in [0, 0.05) is 25.6 Å². The molecular formula is C18H23FIN3S. The van der Waals surface area contributed by atoms with Crippen LogP contribution in [0.1, 0.15) is 36.3 Å². The summed E-state index contributed by atoms with van der Waals surface area (Å²) >= 11 is 1.72. The lowest BCUT2D eigenvalue weighted by atomic mass is 10.1. The molecule has 0 bridgehead atoms. The quantitative estimate of drug-likeness (QED) is 0.397. The van der Waals surface area contributed by atoms with Crippen molar-refractivity contribution in [1.29, 1.82) is 0 Å². The topological polar surface area (TPSA) is 36.4 Å². The van der Waals surface area contributed by atoms with Gasteiger partial charge in [-0.3, -0.25) is 4.99 Å². The highest BCUT2D eigenvalue weighted by atomic mass is 127. The molecule has 1 aliphatic rings. The molecule has 6 heteroatoms. The average Bonchev–Trinajstić information content (AvgIpc) is 3.09. The molecule has 1 aromatic heterocycles. The van der Waals surface area contributed by atoms with Crippen molar-refractivity contribution in [1.82, 2.24) is 10.6 Å². The first kappa shape index (κ1) is 19.2. The van der Waals surface area contributed by atoms with Crippen LogP contribution in [0.15, 0.2) is 46.1 Å². The number of halogens is 2. The molecule has 24 heavy (non-hydrogen) atoms. The van der Waals surface area contributed by atoms with Crippen LogP contribution in [0, 0.1) is 5.82 Å². The van der Waals surface area contributed by atoms with Crippen LogP contribution in [0.25, 0.3) is 0 Å². The van der Waals surface area contributed by atoms with Gasteiger partial charge in [0.2, 0.25) is 0 Å². The van der Waals surface area contributed by atoms with Crippen LogP contribution < -0.4 is 10.6 Å². The minimum Gasteiger partial charge on any atom is -0.356 e. The molecule has 0 amide bonds. The van der Waals surface area contributed by atoms with Crippen LogP contribution in [-0.4, -0.2) is 25.6 Å². The minimum absolute atomic E-state index is 0. The minimum atomic E-state index is -0.115. The zero-order chi connectivity index (χ0) is 16.2. The van der Waals surface area contributed by atoms with E-state index < -0.39 is 0 Å². The highest BCUT2D eigenvalue weighted by Crippen LogP contribution is 2.41. The zero-order valence-corrected chi connectivity index (χ0v) is 17.0. The first-order valence-electron chi connectivity index (χ1n) is 7.92. The molecule has 1 heterocycles. The fourth-order valence-corrected chi connectivity index (χ4v) is 3.55. The summed E-state index contributed by atoms with van der Waals surface area (Å²) in [5.41, 5.74) is 2.14. The maximum atomic E-state index is 13.8. The molecule has 3 unspecified atom stereocenters. The van der Waals surface area contributed by atoms with Crippen LogP contribution in [0.5, 0.6) is 0 Å². The lowest BCUT2D eigenvalue weighted by Crippen LogP contribution is -2.40. The number of benzene rings is 1. The molecule has 0 saturated heterocycles. The van der Waals surface area contributed by atoms with Gasteiger partial charge in [-0.25, -0.2) is 4.39 Å². The Morgan fingerprint density at radius 3 is 2.83 bits per heavy atom. The first-order valence-corrected chi connectivity index (χ1v) is 8.87. The molecule has 3 rings (SSSR count). The lowest BCUT2D eigenvalue weighted by Gasteiger charge is -2.15. The number of nitrogens with zero attached hydrogens (tertiary/aromatic N) is 1. The molecule has 1 fully saturated rings. The molecule has 1 aromatic carbocycles. The fourth-order valence-electron chi connectivity index (χ4n) is 2.77. The van der Waals surface area contributed by atoms with Gasteiger partial charge in [0.15, 0.2) is 5.96 Å². The van der Waals surface area contributed by atoms with E-state index in [2.05, 4.69) is 39.4 Å². The summed E-state index contributed by atoms with van der Waals surface area (Å²) in [5, 5.41) is 11.0. The predicted molar refractivity (Wildman–Crippen MR) is 110 cm³/mol. The van der Waals surface area contributed by atoms with E-state index in [0.717, 1.165) is 24.5 Å². The maximum Gasteiger partial charge on any atom is 0.191 e. The third-order valence-electron chi connectivity index (χ3n) is 4.33. The summed E-state index contributed by atoms with van der Waals surface area (Å²) < 4.78 is 13.8. The van der Waals surface area contributed by atoms with Gasteiger partial charge < -0.3 is 10.6 Å². The summed E-state index contributed by atoms with van der Waals surface area (Å²) in [6, 6.07) is 9.44. The Morgan fingerprint density at radius 2 is 2.17 bits per heavy atom. The summed E-state index contributed by atoms with van der Waals surface area (Å²) in [7, 11) is 1.77. The van der Waals surface area contributed by atoms with Gasteiger partial charge in [-0.05, 0) is 46.4 Å². The van der Waals surface area contributed by atoms with Crippen molar-refractivity contribution in [2.75, 3.05) is 13.6 Å². The number of guanidine groups is 1. The molecule has 0 radical (unpaired) electrons. The highest BCUT2D eigenvalue weighted by Gasteiger charge is 2.40. The van der Waals surface area contributed by atoms with Crippen molar-refractivity contribution in [2.45, 2.75) is 31.2 Å². The lowest BCUT2D eigenvalue weighted by molar-refractivity contribution is 0.607. The third-order valence-corrected chi connectivity index (χ3v) is 5.03. The van der Waals surface area contributed by atoms with Gasteiger partial charge >= 0.3 is 0 Å². The van der Waals surface area contributed by atoms with Crippen molar-refractivity contribution in [2.24, 2.45) is 4.99 Å². The van der Waals surface area contributed by atoms with Crippen molar-refractivity contribution in [3.8, 4) is 0 Å². The number of aliphatic imine (C=N–C) groups is 1. The van der Waals surface area contributed by atoms with E-state index in [9.17, 15) is 4.39 Å². The molecule has 2 aromatic rings. The summed E-state index contributed by atoms with van der Waals surface area (Å²) in [6.45, 7) is 3.02. The Kier molecular flexibility index (Phi) is 7.03. The number of thiophene rings is 1. The standard InChI is InChI=1S/C18H22FN3S.HI/c1-12(13-7-8-23-11-13)10-21-18(20-2)22-17-9-15(17)14-5-3-4-6-16(14)19;/h3-8,11-12,15,17H,9-10H2,1-2H3,(H2,20,21,22);1H. The van der Waals surface area contributed by atoms with Gasteiger partial charge in [0.25, 0.3) is 0 Å². The zero-order valence-electron chi connectivity index (χ0n) is 13.8. The van der Waals surface area contributed by atoms with E-state index in [4.69, 9.17) is 0 Å². The molecule has 1 saturated carbocycles. The van der Waals surface area contributed by atoms with Crippen molar-refractivity contribution in [3.05, 3.63) is 58.0 Å². The van der Waals surface area contributed by atoms with Gasteiger partial charge in [-0.2, -0.15) is 11.3 Å². The summed E-state index contributed by atoms with van der Waals surface area (Å²) in [5.74, 6) is 1.34. The average molecular weight is 459 g/mol. The Bertz CT molecular complexity index is 675. The van der Waals surface area contributed by atoms with Crippen molar-refractivity contribution < 1.29 is 4.39 Å². The second-order valence-corrected chi connectivity index (χ2v) is 6.81. The van der Waals surface area contributed by atoms with Crippen LogP contribution in [-0.2, 0) is 0 Å². The Labute approximate surface area is 163 Å². The number of hydrogen-bond acceptors (Lipinski definition) is 2. The summed E-state index contributed by atoms with van der Waals surface area (Å²) in [4.78, 5) is 4.28. The van der Waals surface area contributed by atoms with E-state index in [-0.39, 0.29) is 41.8 Å². The van der Waals surface area contributed by atoms with Gasteiger partial charge in [0.1, 0.15) is 5.82 Å². The first-order chi connectivity index (χ1) is 11.2. The number of rotatable bonds is 5. The Balaban J connectivity index is 0.00000208. The van der Waals surface area contributed by atoms with Crippen LogP contribution in [0.2, 0.25) is 0 Å². The fraction of sp³-hybridized carbons (Fsp3) is 0.389. The van der Waals surface area contributed by atoms with Crippen molar-refractivity contribution in [3.63, 3.8) is 0 Å². The molecule has 130 valence electrons. The predicted octanol–water partition coefficient (Wildman–Crippen LogP) is 4.33.